The molecular weight excluding hydrogens is 302 g/mol. The third-order valence-electron chi connectivity index (χ3n) is 6.13. The van der Waals surface area contributed by atoms with Gasteiger partial charge in [0, 0.05) is 58.3 Å². The molecule has 24 heavy (non-hydrogen) atoms. The topological polar surface area (TPSA) is 39.5 Å². The largest absolute Gasteiger partial charge is 0.381 e. The number of hydrogen-bond acceptors (Lipinski definition) is 4. The SMILES string of the molecule is Cn1cc(CN2CCC3(CC2)OCCC3CCOCC2CC2)cn1. The average molecular weight is 333 g/mol. The summed E-state index contributed by atoms with van der Waals surface area (Å²) >= 11 is 0. The quantitative estimate of drug-likeness (QED) is 0.719. The number of rotatable bonds is 7. The van der Waals surface area contributed by atoms with Crippen LogP contribution < -0.4 is 0 Å². The highest BCUT2D eigenvalue weighted by Crippen LogP contribution is 2.42. The molecule has 0 bridgehead atoms. The smallest absolute Gasteiger partial charge is 0.0736 e. The van der Waals surface area contributed by atoms with E-state index in [1.165, 1.54) is 44.1 Å². The minimum Gasteiger partial charge on any atom is -0.381 e. The average Bonchev–Trinajstić information content (AvgIpc) is 3.21. The number of likely N-dealkylation sites (tertiary alicyclic amines) is 1. The van der Waals surface area contributed by atoms with Gasteiger partial charge in [0.2, 0.25) is 0 Å². The Hall–Kier alpha value is -0.910. The van der Waals surface area contributed by atoms with Crippen LogP contribution in [0.25, 0.3) is 0 Å². The van der Waals surface area contributed by atoms with Gasteiger partial charge in [-0.05, 0) is 50.4 Å². The summed E-state index contributed by atoms with van der Waals surface area (Å²) in [6.45, 7) is 6.13. The first-order valence-electron chi connectivity index (χ1n) is 9.65. The maximum absolute atomic E-state index is 6.29. The van der Waals surface area contributed by atoms with E-state index in [9.17, 15) is 0 Å². The molecule has 5 heteroatoms. The molecule has 1 atom stereocenters. The zero-order chi connectivity index (χ0) is 16.4. The normalized spacial score (nSPS) is 27.1. The molecule has 0 amide bonds. The maximum atomic E-state index is 6.29. The van der Waals surface area contributed by atoms with Crippen LogP contribution in [0.2, 0.25) is 0 Å². The zero-order valence-electron chi connectivity index (χ0n) is 15.0. The predicted molar refractivity (Wildman–Crippen MR) is 92.7 cm³/mol. The molecule has 3 aliphatic rings. The molecule has 1 saturated carbocycles. The molecule has 1 aromatic rings. The van der Waals surface area contributed by atoms with E-state index in [1.54, 1.807) is 0 Å². The lowest BCUT2D eigenvalue weighted by Gasteiger charge is -2.42. The number of piperidine rings is 1. The van der Waals surface area contributed by atoms with Gasteiger partial charge < -0.3 is 9.47 Å². The van der Waals surface area contributed by atoms with Gasteiger partial charge in [0.15, 0.2) is 0 Å². The Balaban J connectivity index is 1.24. The Morgan fingerprint density at radius 3 is 2.83 bits per heavy atom. The van der Waals surface area contributed by atoms with Crippen molar-refractivity contribution in [2.75, 3.05) is 32.9 Å². The summed E-state index contributed by atoms with van der Waals surface area (Å²) in [6.07, 6.45) is 11.6. The predicted octanol–water partition coefficient (Wildman–Crippen LogP) is 2.61. The van der Waals surface area contributed by atoms with Crippen LogP contribution in [0.3, 0.4) is 0 Å². The van der Waals surface area contributed by atoms with Crippen molar-refractivity contribution < 1.29 is 9.47 Å². The molecule has 0 radical (unpaired) electrons. The first kappa shape index (κ1) is 16.6. The van der Waals surface area contributed by atoms with Crippen molar-refractivity contribution in [1.29, 1.82) is 0 Å². The van der Waals surface area contributed by atoms with Crippen LogP contribution in [-0.2, 0) is 23.1 Å². The molecule has 3 fully saturated rings. The van der Waals surface area contributed by atoms with E-state index < -0.39 is 0 Å². The van der Waals surface area contributed by atoms with Crippen molar-refractivity contribution in [2.45, 2.75) is 50.7 Å². The van der Waals surface area contributed by atoms with E-state index >= 15 is 0 Å². The van der Waals surface area contributed by atoms with E-state index in [0.29, 0.717) is 5.92 Å². The zero-order valence-corrected chi connectivity index (χ0v) is 15.0. The molecule has 134 valence electrons. The monoisotopic (exact) mass is 333 g/mol. The molecule has 1 aliphatic carbocycles. The summed E-state index contributed by atoms with van der Waals surface area (Å²) in [4.78, 5) is 2.55. The second-order valence-electron chi connectivity index (χ2n) is 8.00. The van der Waals surface area contributed by atoms with Gasteiger partial charge in [-0.1, -0.05) is 0 Å². The molecule has 1 aromatic heterocycles. The second kappa shape index (κ2) is 7.14. The van der Waals surface area contributed by atoms with Gasteiger partial charge in [-0.3, -0.25) is 9.58 Å². The van der Waals surface area contributed by atoms with E-state index in [-0.39, 0.29) is 5.60 Å². The molecule has 3 heterocycles. The molecule has 4 rings (SSSR count). The summed E-state index contributed by atoms with van der Waals surface area (Å²) in [5, 5.41) is 4.28. The van der Waals surface area contributed by atoms with Crippen LogP contribution in [0.1, 0.15) is 44.1 Å². The molecule has 2 aliphatic heterocycles. The van der Waals surface area contributed by atoms with Gasteiger partial charge in [-0.25, -0.2) is 0 Å². The molecule has 0 aromatic carbocycles. The van der Waals surface area contributed by atoms with Gasteiger partial charge in [0.1, 0.15) is 0 Å². The van der Waals surface area contributed by atoms with Crippen LogP contribution in [0.15, 0.2) is 12.4 Å². The molecule has 0 N–H and O–H groups in total. The molecule has 1 unspecified atom stereocenters. The second-order valence-corrected chi connectivity index (χ2v) is 8.00. The van der Waals surface area contributed by atoms with Gasteiger partial charge in [-0.15, -0.1) is 0 Å². The number of aromatic nitrogens is 2. The minimum atomic E-state index is 0.133. The van der Waals surface area contributed by atoms with Crippen molar-refractivity contribution in [3.8, 4) is 0 Å². The Kier molecular flexibility index (Phi) is 4.93. The highest BCUT2D eigenvalue weighted by atomic mass is 16.5. The Morgan fingerprint density at radius 2 is 2.12 bits per heavy atom. The van der Waals surface area contributed by atoms with E-state index in [1.807, 2.05) is 17.9 Å². The number of hydrogen-bond donors (Lipinski definition) is 0. The third kappa shape index (κ3) is 3.84. The fourth-order valence-electron chi connectivity index (χ4n) is 4.41. The highest BCUT2D eigenvalue weighted by Gasteiger charge is 2.45. The summed E-state index contributed by atoms with van der Waals surface area (Å²) in [7, 11) is 1.98. The fourth-order valence-corrected chi connectivity index (χ4v) is 4.41. The molecular formula is C19H31N3O2. The van der Waals surface area contributed by atoms with E-state index in [0.717, 1.165) is 45.4 Å². The lowest BCUT2D eigenvalue weighted by Crippen LogP contribution is -2.47. The van der Waals surface area contributed by atoms with Crippen molar-refractivity contribution in [3.63, 3.8) is 0 Å². The van der Waals surface area contributed by atoms with Crippen molar-refractivity contribution >= 4 is 0 Å². The van der Waals surface area contributed by atoms with Crippen molar-refractivity contribution in [2.24, 2.45) is 18.9 Å². The van der Waals surface area contributed by atoms with Crippen LogP contribution in [0.5, 0.6) is 0 Å². The van der Waals surface area contributed by atoms with Crippen LogP contribution in [0, 0.1) is 11.8 Å². The summed E-state index contributed by atoms with van der Waals surface area (Å²) in [5.74, 6) is 1.56. The first-order chi connectivity index (χ1) is 11.7. The highest BCUT2D eigenvalue weighted by molar-refractivity contribution is 5.05. The summed E-state index contributed by atoms with van der Waals surface area (Å²) in [6, 6.07) is 0. The molecule has 1 spiro atoms. The number of aryl methyl sites for hydroxylation is 1. The fraction of sp³-hybridized carbons (Fsp3) is 0.842. The molecule has 2 saturated heterocycles. The first-order valence-corrected chi connectivity index (χ1v) is 9.65. The third-order valence-corrected chi connectivity index (χ3v) is 6.13. The van der Waals surface area contributed by atoms with E-state index in [4.69, 9.17) is 9.47 Å². The van der Waals surface area contributed by atoms with Gasteiger partial charge in [0.25, 0.3) is 0 Å². The van der Waals surface area contributed by atoms with Crippen LogP contribution in [-0.4, -0.2) is 53.2 Å². The summed E-state index contributed by atoms with van der Waals surface area (Å²) in [5.41, 5.74) is 1.44. The Morgan fingerprint density at radius 1 is 1.29 bits per heavy atom. The maximum Gasteiger partial charge on any atom is 0.0736 e. The number of ether oxygens (including phenoxy) is 2. The van der Waals surface area contributed by atoms with Crippen LogP contribution >= 0.6 is 0 Å². The lowest BCUT2D eigenvalue weighted by molar-refractivity contribution is -0.0731. The summed E-state index contributed by atoms with van der Waals surface area (Å²) < 4.78 is 14.1. The van der Waals surface area contributed by atoms with Crippen molar-refractivity contribution in [3.05, 3.63) is 18.0 Å². The van der Waals surface area contributed by atoms with Crippen molar-refractivity contribution in [1.82, 2.24) is 14.7 Å². The van der Waals surface area contributed by atoms with Crippen LogP contribution in [0.4, 0.5) is 0 Å². The van der Waals surface area contributed by atoms with Gasteiger partial charge in [0.05, 0.1) is 11.8 Å². The van der Waals surface area contributed by atoms with E-state index in [2.05, 4.69) is 16.2 Å². The minimum absolute atomic E-state index is 0.133. The Bertz CT molecular complexity index is 532. The molecule has 5 nitrogen and oxygen atoms in total. The number of nitrogens with zero attached hydrogens (tertiary/aromatic N) is 3. The standard InChI is InChI=1S/C19H31N3O2/c1-21-13-17(12-20-21)14-22-8-6-19(7-9-22)18(5-11-24-19)4-10-23-15-16-2-3-16/h12-13,16,18H,2-11,14-15H2,1H3. The lowest BCUT2D eigenvalue weighted by atomic mass is 9.78. The Labute approximate surface area is 145 Å². The van der Waals surface area contributed by atoms with Gasteiger partial charge >= 0.3 is 0 Å². The van der Waals surface area contributed by atoms with Gasteiger partial charge in [-0.2, -0.15) is 5.10 Å².